The number of carbonyl (C=O) groups is 4. The third-order valence-electron chi connectivity index (χ3n) is 11.3. The summed E-state index contributed by atoms with van der Waals surface area (Å²) in [4.78, 5) is 72.9. The van der Waals surface area contributed by atoms with Gasteiger partial charge in [-0.2, -0.15) is 0 Å². The number of nitrogens with two attached hydrogens (primary N) is 1. The second-order valence-corrected chi connectivity index (χ2v) is 16.3. The number of nitrogens with one attached hydrogen (secondary N) is 1. The minimum absolute atomic E-state index is 0.0129. The molecule has 1 heterocycles. The van der Waals surface area contributed by atoms with Crippen LogP contribution in [0.4, 0.5) is 0 Å². The van der Waals surface area contributed by atoms with Gasteiger partial charge < -0.3 is 44.0 Å². The Labute approximate surface area is 348 Å². The molecule has 3 N–H and O–H groups in total. The summed E-state index contributed by atoms with van der Waals surface area (Å²) in [7, 11) is 12.6. The van der Waals surface area contributed by atoms with Crippen molar-refractivity contribution in [3.05, 3.63) is 35.9 Å². The van der Waals surface area contributed by atoms with E-state index in [0.717, 1.165) is 18.4 Å². The lowest BCUT2D eigenvalue weighted by molar-refractivity contribution is -0.146. The van der Waals surface area contributed by atoms with Gasteiger partial charge in [-0.1, -0.05) is 71.4 Å². The fourth-order valence-corrected chi connectivity index (χ4v) is 7.98. The van der Waals surface area contributed by atoms with E-state index >= 15 is 0 Å². The van der Waals surface area contributed by atoms with Crippen molar-refractivity contribution in [2.24, 2.45) is 34.6 Å². The number of nitrogens with zero attached hydrogens (tertiary/aromatic N) is 5. The molecular formula is C43H75N7O8. The highest BCUT2D eigenvalue weighted by Crippen LogP contribution is 2.31. The molecule has 1 saturated heterocycles. The van der Waals surface area contributed by atoms with Crippen molar-refractivity contribution in [2.75, 3.05) is 82.4 Å². The Morgan fingerprint density at radius 3 is 2.14 bits per heavy atom. The summed E-state index contributed by atoms with van der Waals surface area (Å²) in [5, 5.41) is 2.91. The minimum Gasteiger partial charge on any atom is -0.379 e. The van der Waals surface area contributed by atoms with E-state index in [0.29, 0.717) is 32.0 Å². The molecule has 1 fully saturated rings. The number of methoxy groups -OCH3 is 2. The molecule has 0 saturated carbocycles. The highest BCUT2D eigenvalue weighted by atomic mass is 16.6. The highest BCUT2D eigenvalue weighted by Gasteiger charge is 2.43. The van der Waals surface area contributed by atoms with Gasteiger partial charge in [0, 0.05) is 80.8 Å². The van der Waals surface area contributed by atoms with E-state index in [4.69, 9.17) is 25.1 Å². The second-order valence-electron chi connectivity index (χ2n) is 16.3. The molecule has 1 aromatic rings. The first-order valence-corrected chi connectivity index (χ1v) is 20.8. The molecule has 8 atom stereocenters. The van der Waals surface area contributed by atoms with Gasteiger partial charge in [0.05, 0.1) is 50.5 Å². The van der Waals surface area contributed by atoms with Crippen LogP contribution in [-0.4, -0.2) is 162 Å². The lowest BCUT2D eigenvalue weighted by atomic mass is 9.85. The van der Waals surface area contributed by atoms with Crippen LogP contribution in [0.25, 0.3) is 0 Å². The molecule has 58 heavy (non-hydrogen) atoms. The van der Waals surface area contributed by atoms with Crippen LogP contribution in [0.3, 0.4) is 0 Å². The number of benzene rings is 1. The van der Waals surface area contributed by atoms with Crippen LogP contribution in [0.1, 0.15) is 72.3 Å². The Kier molecular flexibility index (Phi) is 22.4. The van der Waals surface area contributed by atoms with E-state index in [1.54, 1.807) is 26.2 Å². The third-order valence-corrected chi connectivity index (χ3v) is 11.3. The zero-order valence-corrected chi connectivity index (χ0v) is 37.4. The van der Waals surface area contributed by atoms with Crippen molar-refractivity contribution in [2.45, 2.75) is 103 Å². The molecule has 0 aliphatic carbocycles. The summed E-state index contributed by atoms with van der Waals surface area (Å²) in [5.41, 5.74) is 0.949. The number of hydrogen-bond donors (Lipinski definition) is 2. The van der Waals surface area contributed by atoms with Gasteiger partial charge in [0.15, 0.2) is 5.96 Å². The van der Waals surface area contributed by atoms with E-state index in [1.807, 2.05) is 94.0 Å². The van der Waals surface area contributed by atoms with E-state index in [9.17, 15) is 19.2 Å². The first kappa shape index (κ1) is 50.5. The van der Waals surface area contributed by atoms with E-state index in [2.05, 4.69) is 24.0 Å². The number of guanidine groups is 1. The summed E-state index contributed by atoms with van der Waals surface area (Å²) < 4.78 is 17.5. The molecule has 0 spiro atoms. The molecule has 1 aromatic carbocycles. The standard InChI is InChI=1S/C43H75N7O8/c1-13-30(4)39(49(10)42(54)38(29(2)3)46-43(47(6)7)48(8)9)36(55-11)28-37(52)50-22-17-20-34(50)40(56-12)31(5)35(51)27-33(26-32-18-15-14-16-19-32)41(53)45-21-23-57-24-25-58-44/h14-16,18-19,29-31,33-34,36,38-40H,13,17,20-28,44H2,1-12H3,(H,45,53)/t30-,31-,33+,34-,36+,38-,39-,40+/m0/s1. The molecule has 2 rings (SSSR count). The molecule has 0 bridgehead atoms. The van der Waals surface area contributed by atoms with Crippen LogP contribution in [-0.2, 0) is 44.6 Å². The maximum absolute atomic E-state index is 14.3. The van der Waals surface area contributed by atoms with Crippen molar-refractivity contribution in [3.63, 3.8) is 0 Å². The SMILES string of the molecule is CC[C@H](C)[C@@H]([C@@H](CC(=O)N1CCC[C@H]1[C@H](OC)[C@@H](C)C(=O)C[C@@H](Cc1ccccc1)C(=O)NCCOCCON)OC)N(C)C(=O)[C@@H](N=C(N(C)C)N(C)C)C(C)C. The molecular weight excluding hydrogens is 743 g/mol. The van der Waals surface area contributed by atoms with Crippen LogP contribution in [0.2, 0.25) is 0 Å². The maximum atomic E-state index is 14.3. The molecule has 15 heteroatoms. The van der Waals surface area contributed by atoms with Gasteiger partial charge in [0.1, 0.15) is 11.8 Å². The average molecular weight is 818 g/mol. The Morgan fingerprint density at radius 1 is 0.931 bits per heavy atom. The molecule has 0 radical (unpaired) electrons. The Morgan fingerprint density at radius 2 is 1.59 bits per heavy atom. The highest BCUT2D eigenvalue weighted by molar-refractivity contribution is 5.89. The van der Waals surface area contributed by atoms with Gasteiger partial charge in [-0.25, -0.2) is 10.9 Å². The Balaban J connectivity index is 2.29. The molecule has 0 aromatic heterocycles. The lowest BCUT2D eigenvalue weighted by Gasteiger charge is -2.40. The third kappa shape index (κ3) is 14.9. The predicted molar refractivity (Wildman–Crippen MR) is 227 cm³/mol. The molecule has 0 unspecified atom stereocenters. The minimum atomic E-state index is -0.636. The van der Waals surface area contributed by atoms with Crippen LogP contribution in [0.5, 0.6) is 0 Å². The van der Waals surface area contributed by atoms with Crippen molar-refractivity contribution in [1.29, 1.82) is 0 Å². The number of hydrogen-bond acceptors (Lipinski definition) is 10. The summed E-state index contributed by atoms with van der Waals surface area (Å²) in [6.45, 7) is 11.6. The molecule has 1 aliphatic rings. The molecule has 3 amide bonds. The normalized spacial score (nSPS) is 17.8. The van der Waals surface area contributed by atoms with E-state index in [-0.39, 0.29) is 74.0 Å². The molecule has 330 valence electrons. The summed E-state index contributed by atoms with van der Waals surface area (Å²) in [5.74, 6) is 3.88. The van der Waals surface area contributed by atoms with Crippen LogP contribution in [0, 0.1) is 23.7 Å². The van der Waals surface area contributed by atoms with Gasteiger partial charge in [-0.05, 0) is 36.7 Å². The van der Waals surface area contributed by atoms with Gasteiger partial charge >= 0.3 is 0 Å². The monoisotopic (exact) mass is 818 g/mol. The Hall–Kier alpha value is -3.63. The van der Waals surface area contributed by atoms with E-state index in [1.165, 1.54) is 0 Å². The quantitative estimate of drug-likeness (QED) is 0.0644. The fourth-order valence-electron chi connectivity index (χ4n) is 7.98. The maximum Gasteiger partial charge on any atom is 0.247 e. The number of likely N-dealkylation sites (tertiary alicyclic amines) is 1. The predicted octanol–water partition coefficient (Wildman–Crippen LogP) is 3.25. The molecule has 1 aliphatic heterocycles. The van der Waals surface area contributed by atoms with E-state index < -0.39 is 36.1 Å². The fraction of sp³-hybridized carbons (Fsp3) is 0.744. The van der Waals surface area contributed by atoms with Crippen molar-refractivity contribution in [1.82, 2.24) is 24.9 Å². The summed E-state index contributed by atoms with van der Waals surface area (Å²) in [6.07, 6.45) is 1.48. The number of ketones is 1. The number of likely N-dealkylation sites (N-methyl/N-ethyl adjacent to an activating group) is 1. The van der Waals surface area contributed by atoms with Crippen molar-refractivity contribution >= 4 is 29.5 Å². The van der Waals surface area contributed by atoms with Gasteiger partial charge in [0.2, 0.25) is 17.7 Å². The van der Waals surface area contributed by atoms with Gasteiger partial charge in [0.25, 0.3) is 0 Å². The van der Waals surface area contributed by atoms with Crippen LogP contribution in [0.15, 0.2) is 35.3 Å². The topological polar surface area (TPSA) is 169 Å². The zero-order valence-electron chi connectivity index (χ0n) is 37.4. The number of carbonyl (C=O) groups excluding carboxylic acids is 4. The number of aliphatic imine (C=N–C) groups is 1. The van der Waals surface area contributed by atoms with Crippen molar-refractivity contribution < 1.29 is 38.2 Å². The Bertz CT molecular complexity index is 1420. The number of Topliss-reactive ketones (excluding diaryl/α,β-unsaturated/α-hetero) is 1. The first-order chi connectivity index (χ1) is 27.5. The lowest BCUT2D eigenvalue weighted by Crippen LogP contribution is -2.55. The zero-order chi connectivity index (χ0) is 43.5. The second kappa shape index (κ2) is 25.8. The number of rotatable bonds is 25. The number of ether oxygens (including phenoxy) is 3. The summed E-state index contributed by atoms with van der Waals surface area (Å²) in [6, 6.07) is 8.24. The molecule has 15 nitrogen and oxygen atoms in total. The summed E-state index contributed by atoms with van der Waals surface area (Å²) >= 11 is 0. The average Bonchev–Trinajstić information content (AvgIpc) is 3.68. The van der Waals surface area contributed by atoms with Crippen molar-refractivity contribution in [3.8, 4) is 0 Å². The van der Waals surface area contributed by atoms with Gasteiger partial charge in [-0.15, -0.1) is 0 Å². The largest absolute Gasteiger partial charge is 0.379 e. The van der Waals surface area contributed by atoms with Gasteiger partial charge in [-0.3, -0.25) is 19.2 Å². The number of amides is 3. The van der Waals surface area contributed by atoms with Crippen LogP contribution >= 0.6 is 0 Å². The first-order valence-electron chi connectivity index (χ1n) is 20.8. The van der Waals surface area contributed by atoms with Crippen LogP contribution < -0.4 is 11.2 Å². The smallest absolute Gasteiger partial charge is 0.247 e.